The Labute approximate surface area is 188 Å². The minimum Gasteiger partial charge on any atom is -0.337 e. The first-order valence-corrected chi connectivity index (χ1v) is 12.3. The van der Waals surface area contributed by atoms with Gasteiger partial charge >= 0.3 is 0 Å². The van der Waals surface area contributed by atoms with Crippen LogP contribution in [0.25, 0.3) is 10.6 Å². The summed E-state index contributed by atoms with van der Waals surface area (Å²) in [6, 6.07) is 11.7. The lowest BCUT2D eigenvalue weighted by Crippen LogP contribution is -2.46. The van der Waals surface area contributed by atoms with Crippen LogP contribution in [0.2, 0.25) is 5.02 Å². The van der Waals surface area contributed by atoms with Crippen LogP contribution in [0.1, 0.15) is 23.3 Å². The molecule has 10 heteroatoms. The number of hydrogen-bond donors (Lipinski definition) is 1. The van der Waals surface area contributed by atoms with Crippen molar-refractivity contribution < 1.29 is 17.6 Å². The molecule has 0 aliphatic carbocycles. The van der Waals surface area contributed by atoms with E-state index in [-0.39, 0.29) is 16.8 Å². The van der Waals surface area contributed by atoms with Crippen LogP contribution in [-0.2, 0) is 10.0 Å². The van der Waals surface area contributed by atoms with Crippen LogP contribution in [-0.4, -0.2) is 43.3 Å². The Hall–Kier alpha value is -2.33. The fourth-order valence-electron chi connectivity index (χ4n) is 3.36. The van der Waals surface area contributed by atoms with E-state index in [9.17, 15) is 17.6 Å². The van der Waals surface area contributed by atoms with E-state index in [0.717, 1.165) is 22.7 Å². The molecular weight excluding hydrogens is 461 g/mol. The summed E-state index contributed by atoms with van der Waals surface area (Å²) in [5.74, 6) is -0.664. The first-order chi connectivity index (χ1) is 14.8. The fraction of sp³-hybridized carbons (Fsp3) is 0.238. The van der Waals surface area contributed by atoms with Gasteiger partial charge < -0.3 is 4.90 Å². The molecule has 162 valence electrons. The largest absolute Gasteiger partial charge is 0.337 e. The molecule has 0 radical (unpaired) electrons. The molecule has 1 amide bonds. The molecule has 1 fully saturated rings. The Morgan fingerprint density at radius 3 is 2.39 bits per heavy atom. The monoisotopic (exact) mass is 479 g/mol. The molecule has 2 heterocycles. The number of rotatable bonds is 5. The Morgan fingerprint density at radius 2 is 1.74 bits per heavy atom. The van der Waals surface area contributed by atoms with Crippen molar-refractivity contribution in [2.45, 2.75) is 23.8 Å². The van der Waals surface area contributed by atoms with E-state index in [0.29, 0.717) is 36.6 Å². The summed E-state index contributed by atoms with van der Waals surface area (Å²) in [4.78, 5) is 19.0. The summed E-state index contributed by atoms with van der Waals surface area (Å²) in [5.41, 5.74) is 1.27. The van der Waals surface area contributed by atoms with Gasteiger partial charge in [0.1, 0.15) is 16.5 Å². The Morgan fingerprint density at radius 1 is 1.10 bits per heavy atom. The molecule has 1 aliphatic rings. The summed E-state index contributed by atoms with van der Waals surface area (Å²) in [6.07, 6.45) is 0.973. The molecule has 1 aromatic heterocycles. The third-order valence-electron chi connectivity index (χ3n) is 5.04. The summed E-state index contributed by atoms with van der Waals surface area (Å²) >= 11 is 7.30. The first kappa shape index (κ1) is 21.9. The van der Waals surface area contributed by atoms with E-state index < -0.39 is 15.8 Å². The number of nitrogens with one attached hydrogen (secondary N) is 1. The number of benzene rings is 2. The van der Waals surface area contributed by atoms with E-state index in [1.54, 1.807) is 22.4 Å². The lowest BCUT2D eigenvalue weighted by Gasteiger charge is -2.31. The van der Waals surface area contributed by atoms with Gasteiger partial charge in [-0.15, -0.1) is 11.3 Å². The van der Waals surface area contributed by atoms with Crippen LogP contribution < -0.4 is 4.72 Å². The normalized spacial score (nSPS) is 15.2. The second-order valence-electron chi connectivity index (χ2n) is 7.19. The lowest BCUT2D eigenvalue weighted by molar-refractivity contribution is 0.0706. The fourth-order valence-corrected chi connectivity index (χ4v) is 5.59. The molecule has 0 bridgehead atoms. The van der Waals surface area contributed by atoms with E-state index in [2.05, 4.69) is 9.71 Å². The van der Waals surface area contributed by atoms with Crippen LogP contribution in [0.4, 0.5) is 4.39 Å². The van der Waals surface area contributed by atoms with Gasteiger partial charge in [-0.1, -0.05) is 23.7 Å². The number of sulfonamides is 1. The van der Waals surface area contributed by atoms with E-state index in [1.807, 2.05) is 12.1 Å². The Kier molecular flexibility index (Phi) is 6.38. The predicted octanol–water partition coefficient (Wildman–Crippen LogP) is 4.19. The summed E-state index contributed by atoms with van der Waals surface area (Å²) < 4.78 is 40.6. The maximum Gasteiger partial charge on any atom is 0.273 e. The summed E-state index contributed by atoms with van der Waals surface area (Å²) in [5, 5.41) is 3.10. The highest BCUT2D eigenvalue weighted by Gasteiger charge is 2.28. The zero-order valence-electron chi connectivity index (χ0n) is 16.3. The van der Waals surface area contributed by atoms with Crippen molar-refractivity contribution in [1.29, 1.82) is 0 Å². The summed E-state index contributed by atoms with van der Waals surface area (Å²) in [6.45, 7) is 0.840. The third-order valence-corrected chi connectivity index (χ3v) is 7.72. The molecule has 4 rings (SSSR count). The van der Waals surface area contributed by atoms with Gasteiger partial charge in [-0.25, -0.2) is 22.5 Å². The molecule has 1 N–H and O–H groups in total. The first-order valence-electron chi connectivity index (χ1n) is 9.60. The Bertz CT molecular complexity index is 1170. The highest BCUT2D eigenvalue weighted by Crippen LogP contribution is 2.26. The molecule has 6 nitrogen and oxygen atoms in total. The van der Waals surface area contributed by atoms with E-state index in [4.69, 9.17) is 11.6 Å². The molecule has 3 aromatic rings. The molecule has 0 atom stereocenters. The van der Waals surface area contributed by atoms with Gasteiger partial charge in [0.2, 0.25) is 10.0 Å². The van der Waals surface area contributed by atoms with Crippen molar-refractivity contribution in [2.24, 2.45) is 0 Å². The zero-order valence-corrected chi connectivity index (χ0v) is 18.7. The molecule has 0 saturated carbocycles. The van der Waals surface area contributed by atoms with Crippen molar-refractivity contribution in [3.63, 3.8) is 0 Å². The zero-order chi connectivity index (χ0) is 22.0. The highest BCUT2D eigenvalue weighted by atomic mass is 35.5. The number of aromatic nitrogens is 1. The molecule has 0 spiro atoms. The van der Waals surface area contributed by atoms with Crippen LogP contribution in [0.15, 0.2) is 58.8 Å². The van der Waals surface area contributed by atoms with E-state index >= 15 is 0 Å². The highest BCUT2D eigenvalue weighted by molar-refractivity contribution is 7.89. The maximum absolute atomic E-state index is 13.0. The van der Waals surface area contributed by atoms with Gasteiger partial charge in [0.25, 0.3) is 5.91 Å². The second-order valence-corrected chi connectivity index (χ2v) is 10.2. The SMILES string of the molecule is O=C(c1csc(-c2ccc(Cl)cc2)n1)N1CCC(NS(=O)(=O)c2ccc(F)cc2)CC1. The number of halogens is 2. The van der Waals surface area contributed by atoms with E-state index in [1.165, 1.54) is 23.5 Å². The van der Waals surface area contributed by atoms with Crippen LogP contribution in [0, 0.1) is 5.82 Å². The molecule has 1 saturated heterocycles. The minimum absolute atomic E-state index is 0.0182. The minimum atomic E-state index is -3.74. The maximum atomic E-state index is 13.0. The van der Waals surface area contributed by atoms with Crippen molar-refractivity contribution in [1.82, 2.24) is 14.6 Å². The van der Waals surface area contributed by atoms with Crippen molar-refractivity contribution in [2.75, 3.05) is 13.1 Å². The number of amides is 1. The number of piperidine rings is 1. The van der Waals surface area contributed by atoms with Gasteiger partial charge in [-0.05, 0) is 49.2 Å². The van der Waals surface area contributed by atoms with Crippen molar-refractivity contribution in [3.05, 3.63) is 70.4 Å². The molecular formula is C21H19ClFN3O3S2. The average molecular weight is 480 g/mol. The number of carbonyl (C=O) groups excluding carboxylic acids is 1. The average Bonchev–Trinajstić information content (AvgIpc) is 3.24. The topological polar surface area (TPSA) is 79.4 Å². The summed E-state index contributed by atoms with van der Waals surface area (Å²) in [7, 11) is -3.74. The number of carbonyl (C=O) groups is 1. The quantitative estimate of drug-likeness (QED) is 0.595. The standard InChI is InChI=1S/C21H19ClFN3O3S2/c22-15-3-1-14(2-4-15)20-24-19(13-30-20)21(27)26-11-9-17(10-12-26)25-31(28,29)18-7-5-16(23)6-8-18/h1-8,13,17,25H,9-12H2. The van der Waals surface area contributed by atoms with Crippen LogP contribution in [0.3, 0.4) is 0 Å². The molecule has 0 unspecified atom stereocenters. The van der Waals surface area contributed by atoms with Gasteiger partial charge in [-0.2, -0.15) is 0 Å². The predicted molar refractivity (Wildman–Crippen MR) is 118 cm³/mol. The van der Waals surface area contributed by atoms with Gasteiger partial charge in [-0.3, -0.25) is 4.79 Å². The number of nitrogens with zero attached hydrogens (tertiary/aromatic N) is 2. The smallest absolute Gasteiger partial charge is 0.273 e. The van der Waals surface area contributed by atoms with Crippen LogP contribution >= 0.6 is 22.9 Å². The van der Waals surface area contributed by atoms with Gasteiger partial charge in [0.05, 0.1) is 4.90 Å². The molecule has 31 heavy (non-hydrogen) atoms. The third kappa shape index (κ3) is 5.12. The van der Waals surface area contributed by atoms with Crippen LogP contribution in [0.5, 0.6) is 0 Å². The number of likely N-dealkylation sites (tertiary alicyclic amines) is 1. The number of hydrogen-bond acceptors (Lipinski definition) is 5. The molecule has 2 aromatic carbocycles. The second kappa shape index (κ2) is 9.04. The van der Waals surface area contributed by atoms with Gasteiger partial charge in [0.15, 0.2) is 0 Å². The van der Waals surface area contributed by atoms with Gasteiger partial charge in [0, 0.05) is 35.1 Å². The molecule has 1 aliphatic heterocycles. The lowest BCUT2D eigenvalue weighted by atomic mass is 10.1. The van der Waals surface area contributed by atoms with Crippen molar-refractivity contribution >= 4 is 38.9 Å². The van der Waals surface area contributed by atoms with Crippen molar-refractivity contribution in [3.8, 4) is 10.6 Å². The number of thiazole rings is 1. The Balaban J connectivity index is 1.36.